The van der Waals surface area contributed by atoms with Crippen LogP contribution in [-0.2, 0) is 0 Å². The molecule has 1 radical (unpaired) electrons. The molecule has 0 amide bonds. The summed E-state index contributed by atoms with van der Waals surface area (Å²) in [6.07, 6.45) is 9.11. The Morgan fingerprint density at radius 2 is 2.50 bits per heavy atom. The Labute approximate surface area is 38.9 Å². The lowest BCUT2D eigenvalue weighted by atomic mass is 10.4. The van der Waals surface area contributed by atoms with Gasteiger partial charge in [0.15, 0.2) is 0 Å². The van der Waals surface area contributed by atoms with E-state index in [1.54, 1.807) is 6.08 Å². The molecule has 0 heterocycles. The monoisotopic (exact) mass is 79.1 g/mol. The van der Waals surface area contributed by atoms with Crippen molar-refractivity contribution in [2.24, 2.45) is 0 Å². The predicted molar refractivity (Wildman–Crippen MR) is 27.9 cm³/mol. The van der Waals surface area contributed by atoms with E-state index in [0.29, 0.717) is 6.42 Å². The van der Waals surface area contributed by atoms with E-state index in [1.165, 1.54) is 0 Å². The zero-order chi connectivity index (χ0) is 4.83. The minimum absolute atomic E-state index is 0.698. The topological polar surface area (TPSA) is 0 Å². The van der Waals surface area contributed by atoms with Crippen LogP contribution in [0, 0.1) is 19.3 Å². The molecule has 0 atom stereocenters. The van der Waals surface area contributed by atoms with Crippen molar-refractivity contribution in [2.75, 3.05) is 0 Å². The highest BCUT2D eigenvalue weighted by molar-refractivity contribution is 4.96. The Morgan fingerprint density at radius 3 is 2.67 bits per heavy atom. The lowest BCUT2D eigenvalue weighted by Crippen LogP contribution is -1.50. The maximum absolute atomic E-state index is 4.89. The van der Waals surface area contributed by atoms with Crippen molar-refractivity contribution >= 4 is 0 Å². The molecule has 0 unspecified atom stereocenters. The first-order valence-corrected chi connectivity index (χ1v) is 1.79. The van der Waals surface area contributed by atoms with Gasteiger partial charge in [-0.15, -0.1) is 12.3 Å². The third kappa shape index (κ3) is 3.30. The maximum Gasteiger partial charge on any atom is 0.0267 e. The molecule has 0 fully saturated rings. The average molecular weight is 79.1 g/mol. The predicted octanol–water partition coefficient (Wildman–Crippen LogP) is 1.40. The molecule has 0 spiro atoms. The third-order valence-electron chi connectivity index (χ3n) is 0.402. The first kappa shape index (κ1) is 5.30. The standard InChI is InChI=1S/C6H7/c1-3-5-6-4-2/h1,4,6H,2,5H2/b6-4-. The molecule has 6 heavy (non-hydrogen) atoms. The number of hydrogen-bond donors (Lipinski definition) is 0. The van der Waals surface area contributed by atoms with Crippen LogP contribution in [0.4, 0.5) is 0 Å². The van der Waals surface area contributed by atoms with E-state index in [2.05, 4.69) is 12.8 Å². The molecule has 0 nitrogen and oxygen atoms in total. The maximum atomic E-state index is 4.89. The van der Waals surface area contributed by atoms with E-state index in [-0.39, 0.29) is 0 Å². The van der Waals surface area contributed by atoms with Gasteiger partial charge in [0.1, 0.15) is 0 Å². The van der Waals surface area contributed by atoms with Crippen LogP contribution in [0.3, 0.4) is 0 Å². The average Bonchev–Trinajstić information content (AvgIpc) is 1.61. The summed E-state index contributed by atoms with van der Waals surface area (Å²) in [5, 5.41) is 0. The molecule has 0 rings (SSSR count). The Bertz CT molecular complexity index is 72.5. The van der Waals surface area contributed by atoms with Gasteiger partial charge >= 0.3 is 0 Å². The van der Waals surface area contributed by atoms with Crippen LogP contribution in [0.15, 0.2) is 12.2 Å². The second kappa shape index (κ2) is 4.30. The third-order valence-corrected chi connectivity index (χ3v) is 0.402. The van der Waals surface area contributed by atoms with E-state index < -0.39 is 0 Å². The van der Waals surface area contributed by atoms with Crippen molar-refractivity contribution in [3.8, 4) is 12.3 Å². The van der Waals surface area contributed by atoms with Crippen molar-refractivity contribution < 1.29 is 0 Å². The molecule has 0 aliphatic heterocycles. The van der Waals surface area contributed by atoms with Gasteiger partial charge in [0.25, 0.3) is 0 Å². The van der Waals surface area contributed by atoms with Crippen LogP contribution in [-0.4, -0.2) is 0 Å². The molecule has 0 aliphatic rings. The number of hydrogen-bond acceptors (Lipinski definition) is 0. The van der Waals surface area contributed by atoms with Gasteiger partial charge in [0.05, 0.1) is 0 Å². The Hall–Kier alpha value is -0.700. The van der Waals surface area contributed by atoms with E-state index in [1.807, 2.05) is 6.08 Å². The summed E-state index contributed by atoms with van der Waals surface area (Å²) in [6, 6.07) is 0. The molecule has 0 aromatic heterocycles. The number of allylic oxidation sites excluding steroid dienone is 2. The van der Waals surface area contributed by atoms with Gasteiger partial charge in [-0.05, 0) is 6.92 Å². The van der Waals surface area contributed by atoms with Crippen LogP contribution >= 0.6 is 0 Å². The molecular formula is C6H7. The molecule has 31 valence electrons. The van der Waals surface area contributed by atoms with E-state index in [9.17, 15) is 0 Å². The molecule has 0 aliphatic carbocycles. The van der Waals surface area contributed by atoms with Crippen molar-refractivity contribution in [1.82, 2.24) is 0 Å². The first-order chi connectivity index (χ1) is 2.91. The minimum atomic E-state index is 0.698. The van der Waals surface area contributed by atoms with Crippen molar-refractivity contribution in [3.05, 3.63) is 19.1 Å². The van der Waals surface area contributed by atoms with E-state index in [4.69, 9.17) is 6.42 Å². The molecule has 0 saturated heterocycles. The zero-order valence-corrected chi connectivity index (χ0v) is 3.65. The first-order valence-electron chi connectivity index (χ1n) is 1.79. The molecule has 0 saturated carbocycles. The van der Waals surface area contributed by atoms with Gasteiger partial charge in [-0.25, -0.2) is 0 Å². The summed E-state index contributed by atoms with van der Waals surface area (Å²) in [4.78, 5) is 0. The molecule has 0 heteroatoms. The van der Waals surface area contributed by atoms with E-state index >= 15 is 0 Å². The fraction of sp³-hybridized carbons (Fsp3) is 0.167. The van der Waals surface area contributed by atoms with Crippen LogP contribution in [0.2, 0.25) is 0 Å². The zero-order valence-electron chi connectivity index (χ0n) is 3.65. The highest BCUT2D eigenvalue weighted by atomic mass is 13.6. The fourth-order valence-electron chi connectivity index (χ4n) is 0.151. The summed E-state index contributed by atoms with van der Waals surface area (Å²) in [7, 11) is 0. The van der Waals surface area contributed by atoms with Crippen molar-refractivity contribution in [3.63, 3.8) is 0 Å². The lowest BCUT2D eigenvalue weighted by Gasteiger charge is -1.66. The largest absolute Gasteiger partial charge is 0.120 e. The quantitative estimate of drug-likeness (QED) is 0.417. The van der Waals surface area contributed by atoms with E-state index in [0.717, 1.165) is 0 Å². The molecular weight excluding hydrogens is 72.1 g/mol. The SMILES string of the molecule is C#CC/C=C\[CH2]. The van der Waals surface area contributed by atoms with Gasteiger partial charge < -0.3 is 0 Å². The normalized spacial score (nSPS) is 8.67. The van der Waals surface area contributed by atoms with Crippen LogP contribution < -0.4 is 0 Å². The number of rotatable bonds is 1. The Kier molecular flexibility index (Phi) is 3.80. The summed E-state index contributed by atoms with van der Waals surface area (Å²) < 4.78 is 0. The fourth-order valence-corrected chi connectivity index (χ4v) is 0.151. The van der Waals surface area contributed by atoms with Crippen molar-refractivity contribution in [2.45, 2.75) is 6.42 Å². The number of terminal acetylenes is 1. The Morgan fingerprint density at radius 1 is 1.83 bits per heavy atom. The minimum Gasteiger partial charge on any atom is -0.120 e. The Balaban J connectivity index is 2.92. The summed E-state index contributed by atoms with van der Waals surface area (Å²) in [5.41, 5.74) is 0. The van der Waals surface area contributed by atoms with Gasteiger partial charge in [-0.1, -0.05) is 12.2 Å². The van der Waals surface area contributed by atoms with Gasteiger partial charge in [0, 0.05) is 6.42 Å². The second-order valence-corrected chi connectivity index (χ2v) is 0.880. The molecule has 0 bridgehead atoms. The smallest absolute Gasteiger partial charge is 0.0267 e. The van der Waals surface area contributed by atoms with Gasteiger partial charge in [-0.2, -0.15) is 0 Å². The highest BCUT2D eigenvalue weighted by Gasteiger charge is 1.57. The molecule has 0 aromatic carbocycles. The highest BCUT2D eigenvalue weighted by Crippen LogP contribution is 1.74. The van der Waals surface area contributed by atoms with Crippen LogP contribution in [0.25, 0.3) is 0 Å². The van der Waals surface area contributed by atoms with Crippen LogP contribution in [0.5, 0.6) is 0 Å². The molecule has 0 N–H and O–H groups in total. The second-order valence-electron chi connectivity index (χ2n) is 0.880. The lowest BCUT2D eigenvalue weighted by molar-refractivity contribution is 1.48. The summed E-state index contributed by atoms with van der Waals surface area (Å²) in [5.74, 6) is 2.44. The van der Waals surface area contributed by atoms with Gasteiger partial charge in [-0.3, -0.25) is 0 Å². The molecule has 0 aromatic rings. The van der Waals surface area contributed by atoms with Gasteiger partial charge in [0.2, 0.25) is 0 Å². The summed E-state index contributed by atoms with van der Waals surface area (Å²) in [6.45, 7) is 3.45. The van der Waals surface area contributed by atoms with Crippen LogP contribution in [0.1, 0.15) is 6.42 Å². The summed E-state index contributed by atoms with van der Waals surface area (Å²) >= 11 is 0. The van der Waals surface area contributed by atoms with Crippen molar-refractivity contribution in [1.29, 1.82) is 0 Å².